The predicted octanol–water partition coefficient (Wildman–Crippen LogP) is 2.02. The summed E-state index contributed by atoms with van der Waals surface area (Å²) >= 11 is 0. The molecule has 82 valence electrons. The molecule has 0 bridgehead atoms. The fourth-order valence-corrected chi connectivity index (χ4v) is 2.68. The SMILES string of the molecule is NC1CCC(F)(C2CCCOC2)CC1. The van der Waals surface area contributed by atoms with E-state index in [1.54, 1.807) is 0 Å². The summed E-state index contributed by atoms with van der Waals surface area (Å²) in [6, 6.07) is 0.225. The van der Waals surface area contributed by atoms with Gasteiger partial charge in [0, 0.05) is 18.6 Å². The summed E-state index contributed by atoms with van der Waals surface area (Å²) < 4.78 is 19.9. The molecule has 1 heterocycles. The maximum absolute atomic E-state index is 14.5. The lowest BCUT2D eigenvalue weighted by molar-refractivity contribution is -0.0485. The first-order valence-corrected chi connectivity index (χ1v) is 5.73. The van der Waals surface area contributed by atoms with Crippen molar-refractivity contribution >= 4 is 0 Å². The van der Waals surface area contributed by atoms with E-state index in [-0.39, 0.29) is 12.0 Å². The average Bonchev–Trinajstić information content (AvgIpc) is 2.24. The lowest BCUT2D eigenvalue weighted by Crippen LogP contribution is -2.44. The Balaban J connectivity index is 1.93. The van der Waals surface area contributed by atoms with Gasteiger partial charge in [0.05, 0.1) is 6.61 Å². The summed E-state index contributed by atoms with van der Waals surface area (Å²) in [6.45, 7) is 1.43. The van der Waals surface area contributed by atoms with Crippen LogP contribution in [-0.4, -0.2) is 24.9 Å². The van der Waals surface area contributed by atoms with E-state index >= 15 is 0 Å². The topological polar surface area (TPSA) is 35.2 Å². The largest absolute Gasteiger partial charge is 0.381 e. The Morgan fingerprint density at radius 1 is 1.21 bits per heavy atom. The zero-order valence-corrected chi connectivity index (χ0v) is 8.68. The van der Waals surface area contributed by atoms with Crippen molar-refractivity contribution in [1.29, 1.82) is 0 Å². The normalized spacial score (nSPS) is 45.0. The summed E-state index contributed by atoms with van der Waals surface area (Å²) in [7, 11) is 0. The molecule has 2 rings (SSSR count). The van der Waals surface area contributed by atoms with Crippen molar-refractivity contribution in [1.82, 2.24) is 0 Å². The van der Waals surface area contributed by atoms with E-state index in [1.807, 2.05) is 0 Å². The van der Waals surface area contributed by atoms with Crippen LogP contribution in [0.2, 0.25) is 0 Å². The van der Waals surface area contributed by atoms with Gasteiger partial charge in [-0.3, -0.25) is 0 Å². The molecule has 1 aliphatic heterocycles. The molecule has 1 unspecified atom stereocenters. The van der Waals surface area contributed by atoms with Crippen LogP contribution in [0.4, 0.5) is 4.39 Å². The molecule has 0 aromatic heterocycles. The summed E-state index contributed by atoms with van der Waals surface area (Å²) in [5.74, 6) is 0.128. The van der Waals surface area contributed by atoms with Gasteiger partial charge in [-0.15, -0.1) is 0 Å². The summed E-state index contributed by atoms with van der Waals surface area (Å²) in [5, 5.41) is 0. The number of hydrogen-bond acceptors (Lipinski definition) is 2. The van der Waals surface area contributed by atoms with E-state index in [0.29, 0.717) is 19.4 Å². The zero-order valence-electron chi connectivity index (χ0n) is 8.68. The van der Waals surface area contributed by atoms with Crippen molar-refractivity contribution in [2.75, 3.05) is 13.2 Å². The van der Waals surface area contributed by atoms with Crippen molar-refractivity contribution in [3.05, 3.63) is 0 Å². The molecule has 0 radical (unpaired) electrons. The molecule has 2 aliphatic rings. The van der Waals surface area contributed by atoms with Crippen LogP contribution < -0.4 is 5.73 Å². The molecule has 0 aromatic carbocycles. The van der Waals surface area contributed by atoms with Gasteiger partial charge >= 0.3 is 0 Å². The van der Waals surface area contributed by atoms with Gasteiger partial charge in [-0.2, -0.15) is 0 Å². The first-order valence-electron chi connectivity index (χ1n) is 5.73. The van der Waals surface area contributed by atoms with Crippen LogP contribution in [0.3, 0.4) is 0 Å². The Morgan fingerprint density at radius 2 is 1.93 bits per heavy atom. The Morgan fingerprint density at radius 3 is 2.50 bits per heavy atom. The molecular formula is C11H20FNO. The average molecular weight is 201 g/mol. The number of halogens is 1. The van der Waals surface area contributed by atoms with Crippen molar-refractivity contribution in [3.8, 4) is 0 Å². The fourth-order valence-electron chi connectivity index (χ4n) is 2.68. The Bertz CT molecular complexity index is 184. The first-order chi connectivity index (χ1) is 6.71. The highest BCUT2D eigenvalue weighted by molar-refractivity contribution is 4.93. The molecule has 2 fully saturated rings. The summed E-state index contributed by atoms with van der Waals surface area (Å²) in [5.41, 5.74) is 4.81. The number of hydrogen-bond donors (Lipinski definition) is 1. The van der Waals surface area contributed by atoms with Crippen LogP contribution in [0.15, 0.2) is 0 Å². The fraction of sp³-hybridized carbons (Fsp3) is 1.00. The maximum atomic E-state index is 14.5. The molecule has 1 aliphatic carbocycles. The van der Waals surface area contributed by atoms with Crippen LogP contribution in [0.5, 0.6) is 0 Å². The highest BCUT2D eigenvalue weighted by Gasteiger charge is 2.42. The van der Waals surface area contributed by atoms with Gasteiger partial charge in [0.15, 0.2) is 0 Å². The minimum Gasteiger partial charge on any atom is -0.381 e. The molecule has 2 N–H and O–H groups in total. The standard InChI is InChI=1S/C11H20FNO/c12-11(5-3-10(13)4-6-11)9-2-1-7-14-8-9/h9-10H,1-8,13H2. The summed E-state index contributed by atoms with van der Waals surface area (Å²) in [4.78, 5) is 0. The van der Waals surface area contributed by atoms with Crippen LogP contribution in [0.1, 0.15) is 38.5 Å². The molecule has 0 amide bonds. The molecule has 1 saturated carbocycles. The number of alkyl halides is 1. The highest BCUT2D eigenvalue weighted by Crippen LogP contribution is 2.40. The highest BCUT2D eigenvalue weighted by atomic mass is 19.1. The molecule has 0 spiro atoms. The van der Waals surface area contributed by atoms with Crippen molar-refractivity contribution in [2.24, 2.45) is 11.7 Å². The smallest absolute Gasteiger partial charge is 0.116 e. The second-order valence-corrected chi connectivity index (χ2v) is 4.79. The maximum Gasteiger partial charge on any atom is 0.116 e. The van der Waals surface area contributed by atoms with Gasteiger partial charge in [0.1, 0.15) is 5.67 Å². The van der Waals surface area contributed by atoms with Crippen LogP contribution in [-0.2, 0) is 4.74 Å². The first kappa shape index (κ1) is 10.4. The lowest BCUT2D eigenvalue weighted by atomic mass is 9.74. The van der Waals surface area contributed by atoms with Gasteiger partial charge in [-0.1, -0.05) is 0 Å². The predicted molar refractivity (Wildman–Crippen MR) is 53.8 cm³/mol. The van der Waals surface area contributed by atoms with Crippen LogP contribution >= 0.6 is 0 Å². The molecule has 2 nitrogen and oxygen atoms in total. The van der Waals surface area contributed by atoms with Crippen LogP contribution in [0.25, 0.3) is 0 Å². The van der Waals surface area contributed by atoms with E-state index in [2.05, 4.69) is 0 Å². The van der Waals surface area contributed by atoms with E-state index in [0.717, 1.165) is 32.3 Å². The second-order valence-electron chi connectivity index (χ2n) is 4.79. The van der Waals surface area contributed by atoms with Crippen molar-refractivity contribution < 1.29 is 9.13 Å². The number of nitrogens with two attached hydrogens (primary N) is 1. The zero-order chi connectivity index (χ0) is 10.0. The van der Waals surface area contributed by atoms with Gasteiger partial charge in [-0.25, -0.2) is 4.39 Å². The van der Waals surface area contributed by atoms with Gasteiger partial charge < -0.3 is 10.5 Å². The monoisotopic (exact) mass is 201 g/mol. The van der Waals surface area contributed by atoms with Crippen LogP contribution in [0, 0.1) is 5.92 Å². The molecular weight excluding hydrogens is 181 g/mol. The quantitative estimate of drug-likeness (QED) is 0.704. The third-order valence-corrected chi connectivity index (χ3v) is 3.75. The molecule has 14 heavy (non-hydrogen) atoms. The van der Waals surface area contributed by atoms with Gasteiger partial charge in [0.2, 0.25) is 0 Å². The third-order valence-electron chi connectivity index (χ3n) is 3.75. The minimum atomic E-state index is -0.976. The van der Waals surface area contributed by atoms with Gasteiger partial charge in [-0.05, 0) is 38.5 Å². The van der Waals surface area contributed by atoms with Crippen molar-refractivity contribution in [2.45, 2.75) is 50.2 Å². The van der Waals surface area contributed by atoms with E-state index in [4.69, 9.17) is 10.5 Å². The second kappa shape index (κ2) is 4.15. The molecule has 1 saturated heterocycles. The Labute approximate surface area is 85.0 Å². The van der Waals surface area contributed by atoms with Crippen molar-refractivity contribution in [3.63, 3.8) is 0 Å². The van der Waals surface area contributed by atoms with E-state index in [9.17, 15) is 4.39 Å². The third kappa shape index (κ3) is 2.09. The molecule has 1 atom stereocenters. The number of ether oxygens (including phenoxy) is 1. The molecule has 3 heteroatoms. The Hall–Kier alpha value is -0.150. The minimum absolute atomic E-state index is 0.128. The lowest BCUT2D eigenvalue weighted by Gasteiger charge is -2.40. The Kier molecular flexibility index (Phi) is 3.07. The number of rotatable bonds is 1. The van der Waals surface area contributed by atoms with Gasteiger partial charge in [0.25, 0.3) is 0 Å². The van der Waals surface area contributed by atoms with E-state index < -0.39 is 5.67 Å². The van der Waals surface area contributed by atoms with E-state index in [1.165, 1.54) is 0 Å². The molecule has 0 aromatic rings. The summed E-state index contributed by atoms with van der Waals surface area (Å²) in [6.07, 6.45) is 4.97.